The summed E-state index contributed by atoms with van der Waals surface area (Å²) in [6.07, 6.45) is 31.7. The van der Waals surface area contributed by atoms with Gasteiger partial charge in [-0.1, -0.05) is 222 Å². The molecule has 0 radical (unpaired) electrons. The first-order chi connectivity index (χ1) is 27.5. The summed E-state index contributed by atoms with van der Waals surface area (Å²) >= 11 is 0. The van der Waals surface area contributed by atoms with Gasteiger partial charge in [-0.15, -0.1) is 0 Å². The van der Waals surface area contributed by atoms with Crippen molar-refractivity contribution < 1.29 is 0 Å². The molecule has 0 heterocycles. The van der Waals surface area contributed by atoms with Gasteiger partial charge in [-0.3, -0.25) is 0 Å². The van der Waals surface area contributed by atoms with E-state index in [4.69, 9.17) is 11.5 Å². The van der Waals surface area contributed by atoms with E-state index in [1.165, 1.54) is 175 Å². The summed E-state index contributed by atoms with van der Waals surface area (Å²) in [6, 6.07) is 36.7. The summed E-state index contributed by atoms with van der Waals surface area (Å²) in [5, 5.41) is 0. The molecule has 2 heteroatoms. The van der Waals surface area contributed by atoms with Gasteiger partial charge in [0, 0.05) is 23.2 Å². The first-order valence-corrected chi connectivity index (χ1v) is 23.4. The van der Waals surface area contributed by atoms with Crippen LogP contribution in [0.1, 0.15) is 207 Å². The van der Waals surface area contributed by atoms with E-state index in [9.17, 15) is 0 Å². The number of nitrogen functional groups attached to an aromatic ring is 2. The lowest BCUT2D eigenvalue weighted by atomic mass is 9.84. The maximum absolute atomic E-state index is 6.10. The molecule has 0 saturated heterocycles. The van der Waals surface area contributed by atoms with Gasteiger partial charge in [0.15, 0.2) is 0 Å². The molecule has 306 valence electrons. The second kappa shape index (κ2) is 27.2. The van der Waals surface area contributed by atoms with Gasteiger partial charge in [0.05, 0.1) is 0 Å². The lowest BCUT2D eigenvalue weighted by molar-refractivity contribution is 0.474. The zero-order valence-electron chi connectivity index (χ0n) is 36.1. The molecule has 0 aliphatic heterocycles. The third kappa shape index (κ3) is 16.9. The molecule has 2 nitrogen and oxygen atoms in total. The standard InChI is InChI=1S/C54H80N2/c1-4-7-9-11-13-15-17-19-21-24-53(49-34-38-51(55)39-35-49)47-30-26-44(27-31-47)42-46(23-6-3)43-45-28-32-48(33-29-45)54(50-36-40-52(56)41-37-50)25-22-20-18-16-14-12-10-8-5-2/h26-41,46,53-54H,4-25,42-43,55-56H2,1-3H3. The van der Waals surface area contributed by atoms with E-state index in [0.29, 0.717) is 17.8 Å². The fourth-order valence-corrected chi connectivity index (χ4v) is 8.95. The normalized spacial score (nSPS) is 13.1. The van der Waals surface area contributed by atoms with Crippen molar-refractivity contribution in [3.8, 4) is 0 Å². The van der Waals surface area contributed by atoms with Crippen LogP contribution in [0.2, 0.25) is 0 Å². The summed E-state index contributed by atoms with van der Waals surface area (Å²) in [5.41, 5.74) is 22.5. The van der Waals surface area contributed by atoms with Crippen LogP contribution in [0.3, 0.4) is 0 Å². The molecule has 0 aliphatic carbocycles. The van der Waals surface area contributed by atoms with E-state index in [-0.39, 0.29) is 0 Å². The van der Waals surface area contributed by atoms with Gasteiger partial charge >= 0.3 is 0 Å². The first kappa shape index (κ1) is 45.2. The predicted octanol–water partition coefficient (Wildman–Crippen LogP) is 16.2. The fraction of sp³-hybridized carbons (Fsp3) is 0.556. The Balaban J connectivity index is 1.34. The summed E-state index contributed by atoms with van der Waals surface area (Å²) in [5.74, 6) is 1.49. The third-order valence-corrected chi connectivity index (χ3v) is 12.4. The third-order valence-electron chi connectivity index (χ3n) is 12.4. The Kier molecular flexibility index (Phi) is 21.9. The molecule has 0 spiro atoms. The summed E-state index contributed by atoms with van der Waals surface area (Å²) in [7, 11) is 0. The Morgan fingerprint density at radius 3 is 0.911 bits per heavy atom. The van der Waals surface area contributed by atoms with Gasteiger partial charge in [-0.05, 0) is 89.2 Å². The molecule has 0 bridgehead atoms. The number of hydrogen-bond donors (Lipinski definition) is 2. The van der Waals surface area contributed by atoms with Crippen LogP contribution in [-0.2, 0) is 12.8 Å². The monoisotopic (exact) mass is 757 g/mol. The van der Waals surface area contributed by atoms with Crippen molar-refractivity contribution in [1.82, 2.24) is 0 Å². The van der Waals surface area contributed by atoms with Gasteiger partial charge in [0.1, 0.15) is 0 Å². The van der Waals surface area contributed by atoms with Crippen LogP contribution < -0.4 is 11.5 Å². The minimum absolute atomic E-state index is 0.427. The Hall–Kier alpha value is -3.52. The molecule has 0 fully saturated rings. The Morgan fingerprint density at radius 1 is 0.321 bits per heavy atom. The molecule has 2 atom stereocenters. The number of anilines is 2. The van der Waals surface area contributed by atoms with Crippen molar-refractivity contribution in [2.75, 3.05) is 11.5 Å². The van der Waals surface area contributed by atoms with Crippen molar-refractivity contribution in [3.63, 3.8) is 0 Å². The zero-order valence-corrected chi connectivity index (χ0v) is 36.1. The van der Waals surface area contributed by atoms with Crippen molar-refractivity contribution in [3.05, 3.63) is 130 Å². The van der Waals surface area contributed by atoms with Crippen molar-refractivity contribution in [2.45, 2.75) is 187 Å². The highest BCUT2D eigenvalue weighted by Gasteiger charge is 2.18. The Bertz CT molecular complexity index is 1420. The molecule has 2 unspecified atom stereocenters. The number of benzene rings is 4. The summed E-state index contributed by atoms with van der Waals surface area (Å²) in [6.45, 7) is 6.94. The smallest absolute Gasteiger partial charge is 0.0314 e. The molecule has 0 aliphatic rings. The Labute approximate surface area is 344 Å². The van der Waals surface area contributed by atoms with Crippen molar-refractivity contribution in [2.24, 2.45) is 5.92 Å². The van der Waals surface area contributed by atoms with Crippen LogP contribution in [0.15, 0.2) is 97.1 Å². The summed E-state index contributed by atoms with van der Waals surface area (Å²) in [4.78, 5) is 0. The highest BCUT2D eigenvalue weighted by molar-refractivity contribution is 5.44. The van der Waals surface area contributed by atoms with E-state index >= 15 is 0 Å². The van der Waals surface area contributed by atoms with E-state index in [1.54, 1.807) is 0 Å². The lowest BCUT2D eigenvalue weighted by Crippen LogP contribution is -2.09. The number of nitrogens with two attached hydrogens (primary N) is 2. The van der Waals surface area contributed by atoms with E-state index < -0.39 is 0 Å². The van der Waals surface area contributed by atoms with E-state index in [0.717, 1.165) is 24.2 Å². The molecule has 4 aromatic rings. The minimum atomic E-state index is 0.427. The lowest BCUT2D eigenvalue weighted by Gasteiger charge is -2.21. The van der Waals surface area contributed by atoms with Gasteiger partial charge in [0.25, 0.3) is 0 Å². The highest BCUT2D eigenvalue weighted by atomic mass is 14.5. The van der Waals surface area contributed by atoms with Crippen LogP contribution in [0.4, 0.5) is 11.4 Å². The largest absolute Gasteiger partial charge is 0.399 e. The van der Waals surface area contributed by atoms with Gasteiger partial charge in [0.2, 0.25) is 0 Å². The maximum Gasteiger partial charge on any atom is 0.0314 e. The fourth-order valence-electron chi connectivity index (χ4n) is 8.95. The molecule has 4 rings (SSSR count). The number of unbranched alkanes of at least 4 members (excludes halogenated alkanes) is 16. The van der Waals surface area contributed by atoms with Crippen LogP contribution in [0.5, 0.6) is 0 Å². The van der Waals surface area contributed by atoms with E-state index in [1.807, 2.05) is 0 Å². The molecule has 0 amide bonds. The SMILES string of the molecule is CCCCCCCCCCCC(c1ccc(N)cc1)c1ccc(CC(CCC)Cc2ccc(C(CCCCCCCCCCC)c3ccc(N)cc3)cc2)cc1. The maximum atomic E-state index is 6.10. The molecule has 56 heavy (non-hydrogen) atoms. The number of rotatable bonds is 30. The average Bonchev–Trinajstić information content (AvgIpc) is 3.21. The van der Waals surface area contributed by atoms with E-state index in [2.05, 4.69) is 118 Å². The molecular formula is C54H80N2. The predicted molar refractivity (Wildman–Crippen MR) is 248 cm³/mol. The minimum Gasteiger partial charge on any atom is -0.399 e. The van der Waals surface area contributed by atoms with Crippen LogP contribution in [0.25, 0.3) is 0 Å². The Morgan fingerprint density at radius 2 is 0.607 bits per heavy atom. The summed E-state index contributed by atoms with van der Waals surface area (Å²) < 4.78 is 0. The second-order valence-corrected chi connectivity index (χ2v) is 17.2. The molecular weight excluding hydrogens is 677 g/mol. The number of hydrogen-bond acceptors (Lipinski definition) is 2. The van der Waals surface area contributed by atoms with Gasteiger partial charge in [-0.25, -0.2) is 0 Å². The quantitative estimate of drug-likeness (QED) is 0.0411. The van der Waals surface area contributed by atoms with Gasteiger partial charge in [-0.2, -0.15) is 0 Å². The van der Waals surface area contributed by atoms with Crippen molar-refractivity contribution in [1.29, 1.82) is 0 Å². The van der Waals surface area contributed by atoms with Gasteiger partial charge < -0.3 is 11.5 Å². The zero-order chi connectivity index (χ0) is 39.6. The van der Waals surface area contributed by atoms with Crippen LogP contribution in [-0.4, -0.2) is 0 Å². The van der Waals surface area contributed by atoms with Crippen molar-refractivity contribution >= 4 is 11.4 Å². The first-order valence-electron chi connectivity index (χ1n) is 23.4. The average molecular weight is 757 g/mol. The topological polar surface area (TPSA) is 52.0 Å². The van der Waals surface area contributed by atoms with Crippen LogP contribution >= 0.6 is 0 Å². The van der Waals surface area contributed by atoms with Crippen LogP contribution in [0, 0.1) is 5.92 Å². The molecule has 0 saturated carbocycles. The molecule has 0 aromatic heterocycles. The molecule has 4 N–H and O–H groups in total. The molecule has 4 aromatic carbocycles. The highest BCUT2D eigenvalue weighted by Crippen LogP contribution is 2.34. The second-order valence-electron chi connectivity index (χ2n) is 17.2.